The molecule has 0 atom stereocenters. The molecule has 0 saturated heterocycles. The summed E-state index contributed by atoms with van der Waals surface area (Å²) in [6, 6.07) is 15.7. The number of sulfonamides is 1. The molecule has 0 aliphatic heterocycles. The van der Waals surface area contributed by atoms with Crippen molar-refractivity contribution >= 4 is 27.2 Å². The summed E-state index contributed by atoms with van der Waals surface area (Å²) in [6.45, 7) is 1.50. The molecule has 1 aromatic heterocycles. The summed E-state index contributed by atoms with van der Waals surface area (Å²) in [5, 5.41) is 12.0. The van der Waals surface area contributed by atoms with Crippen LogP contribution in [-0.2, 0) is 10.0 Å². The summed E-state index contributed by atoms with van der Waals surface area (Å²) in [5.41, 5.74) is 1.72. The minimum absolute atomic E-state index is 0.0306. The molecule has 0 aliphatic rings. The van der Waals surface area contributed by atoms with Crippen LogP contribution in [-0.4, -0.2) is 13.4 Å². The molecule has 3 aromatic rings. The van der Waals surface area contributed by atoms with Gasteiger partial charge in [-0.25, -0.2) is 17.8 Å². The Balaban J connectivity index is 1.75. The molecule has 0 saturated carbocycles. The van der Waals surface area contributed by atoms with Crippen molar-refractivity contribution in [1.29, 1.82) is 5.26 Å². The Hall–Kier alpha value is -3.44. The summed E-state index contributed by atoms with van der Waals surface area (Å²) in [7, 11) is -3.85. The van der Waals surface area contributed by atoms with Gasteiger partial charge < -0.3 is 5.32 Å². The zero-order valence-electron chi connectivity index (χ0n) is 14.3. The van der Waals surface area contributed by atoms with E-state index in [1.165, 1.54) is 25.3 Å². The Morgan fingerprint density at radius 3 is 2.56 bits per heavy atom. The van der Waals surface area contributed by atoms with Gasteiger partial charge in [0.2, 0.25) is 0 Å². The van der Waals surface area contributed by atoms with Crippen LogP contribution in [0.25, 0.3) is 0 Å². The van der Waals surface area contributed by atoms with Gasteiger partial charge in [-0.05, 0) is 61.0 Å². The van der Waals surface area contributed by atoms with Gasteiger partial charge >= 0.3 is 0 Å². The SMILES string of the molecule is Cc1cc(S(=O)(=O)Nc2ccc(Nc3cccc(C#N)c3)nc2)ccc1F. The number of nitriles is 1. The van der Waals surface area contributed by atoms with Crippen molar-refractivity contribution in [2.75, 3.05) is 10.0 Å². The number of hydrogen-bond acceptors (Lipinski definition) is 5. The van der Waals surface area contributed by atoms with Gasteiger partial charge in [-0.3, -0.25) is 4.72 Å². The molecule has 2 aromatic carbocycles. The molecule has 0 unspecified atom stereocenters. The largest absolute Gasteiger partial charge is 0.340 e. The number of nitrogens with one attached hydrogen (secondary N) is 2. The van der Waals surface area contributed by atoms with E-state index in [1.54, 1.807) is 36.4 Å². The van der Waals surface area contributed by atoms with Gasteiger partial charge in [-0.15, -0.1) is 0 Å². The molecule has 3 rings (SSSR count). The lowest BCUT2D eigenvalue weighted by Gasteiger charge is -2.10. The number of aromatic nitrogens is 1. The fourth-order valence-electron chi connectivity index (χ4n) is 2.34. The molecule has 2 N–H and O–H groups in total. The molecule has 0 spiro atoms. The molecule has 1 heterocycles. The number of halogens is 1. The third-order valence-electron chi connectivity index (χ3n) is 3.72. The maximum atomic E-state index is 13.3. The number of benzene rings is 2. The predicted molar refractivity (Wildman–Crippen MR) is 101 cm³/mol. The number of hydrogen-bond donors (Lipinski definition) is 2. The number of anilines is 3. The second-order valence-electron chi connectivity index (χ2n) is 5.77. The smallest absolute Gasteiger partial charge is 0.261 e. The summed E-state index contributed by atoms with van der Waals surface area (Å²) >= 11 is 0. The van der Waals surface area contributed by atoms with Crippen LogP contribution >= 0.6 is 0 Å². The van der Waals surface area contributed by atoms with E-state index < -0.39 is 15.8 Å². The van der Waals surface area contributed by atoms with E-state index in [0.29, 0.717) is 17.1 Å². The lowest BCUT2D eigenvalue weighted by molar-refractivity contribution is 0.598. The van der Waals surface area contributed by atoms with Crippen LogP contribution in [0, 0.1) is 24.1 Å². The summed E-state index contributed by atoms with van der Waals surface area (Å²) in [6.07, 6.45) is 1.37. The van der Waals surface area contributed by atoms with E-state index in [-0.39, 0.29) is 16.1 Å². The monoisotopic (exact) mass is 382 g/mol. The van der Waals surface area contributed by atoms with Crippen molar-refractivity contribution in [1.82, 2.24) is 4.98 Å². The lowest BCUT2D eigenvalue weighted by atomic mass is 10.2. The molecule has 136 valence electrons. The normalized spacial score (nSPS) is 10.9. The first-order valence-corrected chi connectivity index (χ1v) is 9.38. The Bertz CT molecular complexity index is 1120. The van der Waals surface area contributed by atoms with Crippen molar-refractivity contribution in [3.05, 3.63) is 77.7 Å². The Morgan fingerprint density at radius 1 is 1.07 bits per heavy atom. The summed E-state index contributed by atoms with van der Waals surface area (Å²) in [5.74, 6) is 0.0252. The van der Waals surface area contributed by atoms with Crippen molar-refractivity contribution in [2.45, 2.75) is 11.8 Å². The Kier molecular flexibility index (Phi) is 5.05. The highest BCUT2D eigenvalue weighted by atomic mass is 32.2. The molecule has 0 radical (unpaired) electrons. The van der Waals surface area contributed by atoms with Gasteiger partial charge in [0.15, 0.2) is 0 Å². The zero-order chi connectivity index (χ0) is 19.4. The molecule has 6 nitrogen and oxygen atoms in total. The van der Waals surface area contributed by atoms with Crippen molar-refractivity contribution in [3.63, 3.8) is 0 Å². The van der Waals surface area contributed by atoms with Crippen LogP contribution < -0.4 is 10.0 Å². The van der Waals surface area contributed by atoms with Crippen molar-refractivity contribution in [3.8, 4) is 6.07 Å². The van der Waals surface area contributed by atoms with E-state index in [9.17, 15) is 12.8 Å². The summed E-state index contributed by atoms with van der Waals surface area (Å²) in [4.78, 5) is 4.13. The fraction of sp³-hybridized carbons (Fsp3) is 0.0526. The highest BCUT2D eigenvalue weighted by Crippen LogP contribution is 2.20. The van der Waals surface area contributed by atoms with Gasteiger partial charge in [-0.1, -0.05) is 6.07 Å². The molecule has 27 heavy (non-hydrogen) atoms. The third kappa shape index (κ3) is 4.40. The van der Waals surface area contributed by atoms with E-state index >= 15 is 0 Å². The molecular formula is C19H15FN4O2S. The van der Waals surface area contributed by atoms with Crippen LogP contribution in [0.2, 0.25) is 0 Å². The second kappa shape index (κ2) is 7.43. The average molecular weight is 382 g/mol. The van der Waals surface area contributed by atoms with E-state index in [0.717, 1.165) is 6.07 Å². The topological polar surface area (TPSA) is 94.9 Å². The number of pyridine rings is 1. The molecule has 0 amide bonds. The third-order valence-corrected chi connectivity index (χ3v) is 5.10. The van der Waals surface area contributed by atoms with Gasteiger partial charge in [0, 0.05) is 5.69 Å². The van der Waals surface area contributed by atoms with Crippen LogP contribution in [0.3, 0.4) is 0 Å². The second-order valence-corrected chi connectivity index (χ2v) is 7.45. The van der Waals surface area contributed by atoms with Gasteiger partial charge in [0.25, 0.3) is 10.0 Å². The minimum Gasteiger partial charge on any atom is -0.340 e. The average Bonchev–Trinajstić information content (AvgIpc) is 2.65. The van der Waals surface area contributed by atoms with Crippen LogP contribution in [0.4, 0.5) is 21.6 Å². The van der Waals surface area contributed by atoms with Crippen LogP contribution in [0.1, 0.15) is 11.1 Å². The highest BCUT2D eigenvalue weighted by Gasteiger charge is 2.15. The highest BCUT2D eigenvalue weighted by molar-refractivity contribution is 7.92. The van der Waals surface area contributed by atoms with Gasteiger partial charge in [0.05, 0.1) is 28.4 Å². The van der Waals surface area contributed by atoms with Gasteiger partial charge in [-0.2, -0.15) is 5.26 Å². The maximum absolute atomic E-state index is 13.3. The first-order valence-electron chi connectivity index (χ1n) is 7.89. The first kappa shape index (κ1) is 18.4. The van der Waals surface area contributed by atoms with Crippen LogP contribution in [0.15, 0.2) is 65.7 Å². The molecule has 0 aliphatic carbocycles. The molecule has 0 bridgehead atoms. The van der Waals surface area contributed by atoms with Crippen molar-refractivity contribution in [2.24, 2.45) is 0 Å². The maximum Gasteiger partial charge on any atom is 0.261 e. The minimum atomic E-state index is -3.85. The first-order chi connectivity index (χ1) is 12.9. The Labute approximate surface area is 156 Å². The Morgan fingerprint density at radius 2 is 1.89 bits per heavy atom. The number of aryl methyl sites for hydroxylation is 1. The molecule has 0 fully saturated rings. The van der Waals surface area contributed by atoms with Crippen LogP contribution in [0.5, 0.6) is 0 Å². The van der Waals surface area contributed by atoms with E-state index in [1.807, 2.05) is 0 Å². The molecular weight excluding hydrogens is 367 g/mol. The lowest BCUT2D eigenvalue weighted by Crippen LogP contribution is -2.13. The fourth-order valence-corrected chi connectivity index (χ4v) is 3.47. The summed E-state index contributed by atoms with van der Waals surface area (Å²) < 4.78 is 40.5. The van der Waals surface area contributed by atoms with Crippen molar-refractivity contribution < 1.29 is 12.8 Å². The van der Waals surface area contributed by atoms with E-state index in [4.69, 9.17) is 5.26 Å². The number of rotatable bonds is 5. The molecule has 8 heteroatoms. The standard InChI is InChI=1S/C19H15FN4O2S/c1-13-9-17(6-7-18(13)20)27(25,26)24-16-5-8-19(22-12-16)23-15-4-2-3-14(10-15)11-21/h2-10,12,24H,1H3,(H,22,23). The zero-order valence-corrected chi connectivity index (χ0v) is 15.1. The van der Waals surface area contributed by atoms with Gasteiger partial charge in [0.1, 0.15) is 11.6 Å². The van der Waals surface area contributed by atoms with E-state index in [2.05, 4.69) is 21.1 Å². The predicted octanol–water partition coefficient (Wildman–Crippen LogP) is 3.95. The number of nitrogens with zero attached hydrogens (tertiary/aromatic N) is 2. The quantitative estimate of drug-likeness (QED) is 0.697.